The van der Waals surface area contributed by atoms with Gasteiger partial charge in [0.2, 0.25) is 5.79 Å². The molecule has 0 aromatic carbocycles. The normalized spacial score (nSPS) is 47.5. The number of nitrogens with zero attached hydrogens (tertiary/aromatic N) is 2. The van der Waals surface area contributed by atoms with E-state index in [4.69, 9.17) is 24.0 Å². The van der Waals surface area contributed by atoms with Gasteiger partial charge in [-0.1, -0.05) is 13.8 Å². The van der Waals surface area contributed by atoms with Crippen LogP contribution < -0.4 is 0 Å². The van der Waals surface area contributed by atoms with E-state index in [1.165, 1.54) is 6.42 Å². The van der Waals surface area contributed by atoms with E-state index in [-0.39, 0.29) is 12.2 Å². The van der Waals surface area contributed by atoms with Gasteiger partial charge in [0.25, 0.3) is 0 Å². The third-order valence-electron chi connectivity index (χ3n) is 8.16. The molecular weight excluding hydrogens is 384 g/mol. The summed E-state index contributed by atoms with van der Waals surface area (Å²) in [6.07, 6.45) is 9.99. The molecule has 0 radical (unpaired) electrons. The van der Waals surface area contributed by atoms with Crippen molar-refractivity contribution in [3.05, 3.63) is 12.4 Å². The Kier molecular flexibility index (Phi) is 5.55. The highest BCUT2D eigenvalue weighted by Crippen LogP contribution is 2.60. The smallest absolute Gasteiger partial charge is 0.201 e. The van der Waals surface area contributed by atoms with Gasteiger partial charge >= 0.3 is 0 Å². The third kappa shape index (κ3) is 3.47. The van der Waals surface area contributed by atoms with E-state index in [1.807, 2.05) is 6.92 Å². The van der Waals surface area contributed by atoms with Crippen molar-refractivity contribution in [2.45, 2.75) is 83.3 Å². The zero-order chi connectivity index (χ0) is 20.9. The number of fused-ring (bicyclic) bond motifs is 2. The van der Waals surface area contributed by atoms with E-state index >= 15 is 0 Å². The Morgan fingerprint density at radius 1 is 1.07 bits per heavy atom. The standard InChI is InChI=1S/C23H38N2O5/c1-16-7-8-19-17(2)20(26-14-6-5-11-25-13-12-24(4)15-25)27-21-23(19)18(16)9-10-22(3,28-21)29-30-23/h12-13,16-21H,5-11,14-15H2,1-4H3/t16-,17-,18+,19+,20+,21-,22-,23-/m1/s1. The molecule has 1 aliphatic carbocycles. The zero-order valence-corrected chi connectivity index (χ0v) is 18.9. The average molecular weight is 423 g/mol. The largest absolute Gasteiger partial charge is 0.362 e. The fourth-order valence-corrected chi connectivity index (χ4v) is 6.41. The number of unbranched alkanes of at least 4 members (excludes halogenated alkanes) is 1. The molecule has 8 atom stereocenters. The van der Waals surface area contributed by atoms with E-state index in [1.54, 1.807) is 0 Å². The van der Waals surface area contributed by atoms with E-state index in [2.05, 4.69) is 43.1 Å². The topological polar surface area (TPSA) is 52.6 Å². The van der Waals surface area contributed by atoms with Gasteiger partial charge in [-0.05, 0) is 50.9 Å². The van der Waals surface area contributed by atoms with Crippen molar-refractivity contribution in [1.82, 2.24) is 9.80 Å². The number of hydrogen-bond donors (Lipinski definition) is 0. The highest BCUT2D eigenvalue weighted by molar-refractivity contribution is 5.09. The van der Waals surface area contributed by atoms with Gasteiger partial charge in [-0.3, -0.25) is 0 Å². The van der Waals surface area contributed by atoms with E-state index in [0.717, 1.165) is 45.3 Å². The molecule has 7 heteroatoms. The van der Waals surface area contributed by atoms with Crippen LogP contribution in [0.15, 0.2) is 12.4 Å². The lowest BCUT2D eigenvalue weighted by atomic mass is 9.58. The maximum absolute atomic E-state index is 6.47. The number of hydrogen-bond acceptors (Lipinski definition) is 7. The van der Waals surface area contributed by atoms with Gasteiger partial charge in [-0.15, -0.1) is 0 Å². The average Bonchev–Trinajstić information content (AvgIpc) is 3.00. The molecule has 30 heavy (non-hydrogen) atoms. The fourth-order valence-electron chi connectivity index (χ4n) is 6.41. The van der Waals surface area contributed by atoms with Crippen LogP contribution in [-0.4, -0.2) is 60.6 Å². The molecule has 7 nitrogen and oxygen atoms in total. The second-order valence-corrected chi connectivity index (χ2v) is 10.4. The highest BCUT2D eigenvalue weighted by Gasteiger charge is 2.69. The summed E-state index contributed by atoms with van der Waals surface area (Å²) >= 11 is 0. The minimum Gasteiger partial charge on any atom is -0.362 e. The lowest BCUT2D eigenvalue weighted by molar-refractivity contribution is -0.577. The van der Waals surface area contributed by atoms with E-state index in [0.29, 0.717) is 24.4 Å². The van der Waals surface area contributed by atoms with Crippen molar-refractivity contribution >= 4 is 0 Å². The van der Waals surface area contributed by atoms with Gasteiger partial charge in [0.1, 0.15) is 0 Å². The van der Waals surface area contributed by atoms with Crippen LogP contribution in [0.5, 0.6) is 0 Å². The minimum absolute atomic E-state index is 0.246. The molecule has 4 saturated heterocycles. The molecule has 2 bridgehead atoms. The predicted octanol–water partition coefficient (Wildman–Crippen LogP) is 3.67. The maximum Gasteiger partial charge on any atom is 0.201 e. The first kappa shape index (κ1) is 21.0. The molecule has 6 rings (SSSR count). The molecule has 6 aliphatic rings. The first-order valence-electron chi connectivity index (χ1n) is 11.9. The Morgan fingerprint density at radius 2 is 1.93 bits per heavy atom. The van der Waals surface area contributed by atoms with Crippen LogP contribution in [0.3, 0.4) is 0 Å². The Hall–Kier alpha value is -0.860. The predicted molar refractivity (Wildman–Crippen MR) is 110 cm³/mol. The Bertz CT molecular complexity index is 662. The number of rotatable bonds is 6. The monoisotopic (exact) mass is 422 g/mol. The minimum atomic E-state index is -0.723. The quantitative estimate of drug-likeness (QED) is 0.478. The van der Waals surface area contributed by atoms with Gasteiger partial charge in [-0.2, -0.15) is 0 Å². The van der Waals surface area contributed by atoms with Crippen molar-refractivity contribution in [3.8, 4) is 0 Å². The summed E-state index contributed by atoms with van der Waals surface area (Å²) in [4.78, 5) is 16.6. The third-order valence-corrected chi connectivity index (χ3v) is 8.16. The number of ether oxygens (including phenoxy) is 3. The van der Waals surface area contributed by atoms with Crippen molar-refractivity contribution in [3.63, 3.8) is 0 Å². The highest BCUT2D eigenvalue weighted by atomic mass is 17.3. The molecule has 170 valence electrons. The van der Waals surface area contributed by atoms with Crippen LogP contribution in [0.4, 0.5) is 0 Å². The molecule has 0 aromatic heterocycles. The molecule has 0 unspecified atom stereocenters. The Labute approximate surface area is 180 Å². The molecule has 0 N–H and O–H groups in total. The molecule has 5 aliphatic heterocycles. The first-order valence-corrected chi connectivity index (χ1v) is 11.9. The van der Waals surface area contributed by atoms with Crippen molar-refractivity contribution in [2.24, 2.45) is 23.7 Å². The van der Waals surface area contributed by atoms with Crippen molar-refractivity contribution < 1.29 is 24.0 Å². The maximum atomic E-state index is 6.47. The van der Waals surface area contributed by atoms with Crippen LogP contribution in [-0.2, 0) is 24.0 Å². The van der Waals surface area contributed by atoms with Crippen LogP contribution in [0.1, 0.15) is 59.3 Å². The lowest BCUT2D eigenvalue weighted by Gasteiger charge is -2.60. The summed E-state index contributed by atoms with van der Waals surface area (Å²) in [5.41, 5.74) is -0.499. The molecule has 5 fully saturated rings. The van der Waals surface area contributed by atoms with Crippen molar-refractivity contribution in [1.29, 1.82) is 0 Å². The van der Waals surface area contributed by atoms with E-state index in [9.17, 15) is 0 Å². The SMILES string of the molecule is C[C@H]1[C@@H](OCCCCN2C=CN(C)C2)O[C@@H]2O[C@@]3(C)CC[C@H]4[C@H](C)CC[C@@H]1[C@@]24OO3. The molecule has 0 aromatic rings. The summed E-state index contributed by atoms with van der Waals surface area (Å²) in [6, 6.07) is 0. The van der Waals surface area contributed by atoms with Gasteiger partial charge < -0.3 is 24.0 Å². The Morgan fingerprint density at radius 3 is 2.73 bits per heavy atom. The second-order valence-electron chi connectivity index (χ2n) is 10.4. The molecule has 1 saturated carbocycles. The van der Waals surface area contributed by atoms with Crippen LogP contribution >= 0.6 is 0 Å². The fraction of sp³-hybridized carbons (Fsp3) is 0.913. The zero-order valence-electron chi connectivity index (χ0n) is 18.9. The summed E-state index contributed by atoms with van der Waals surface area (Å²) < 4.78 is 19.1. The van der Waals surface area contributed by atoms with Gasteiger partial charge in [0, 0.05) is 50.9 Å². The van der Waals surface area contributed by atoms with Crippen LogP contribution in [0.2, 0.25) is 0 Å². The van der Waals surface area contributed by atoms with Crippen molar-refractivity contribution in [2.75, 3.05) is 26.9 Å². The summed E-state index contributed by atoms with van der Waals surface area (Å²) in [5, 5.41) is 0. The molecule has 0 amide bonds. The van der Waals surface area contributed by atoms with Gasteiger partial charge in [0.05, 0.1) is 6.67 Å². The van der Waals surface area contributed by atoms with E-state index < -0.39 is 17.7 Å². The molecule has 1 spiro atoms. The first-order chi connectivity index (χ1) is 14.4. The van der Waals surface area contributed by atoms with Gasteiger partial charge in [-0.25, -0.2) is 9.78 Å². The molecular formula is C23H38N2O5. The van der Waals surface area contributed by atoms with Crippen LogP contribution in [0, 0.1) is 23.7 Å². The summed E-state index contributed by atoms with van der Waals surface area (Å²) in [5.74, 6) is 0.847. The molecule has 5 heterocycles. The van der Waals surface area contributed by atoms with Crippen LogP contribution in [0.25, 0.3) is 0 Å². The second kappa shape index (κ2) is 7.93. The summed E-state index contributed by atoms with van der Waals surface area (Å²) in [6.45, 7) is 9.32. The van der Waals surface area contributed by atoms with Gasteiger partial charge in [0.15, 0.2) is 18.2 Å². The Balaban J connectivity index is 1.21. The lowest BCUT2D eigenvalue weighted by Crippen LogP contribution is -2.70. The summed E-state index contributed by atoms with van der Waals surface area (Å²) in [7, 11) is 2.10.